The zero-order valence-electron chi connectivity index (χ0n) is 19.5. The second kappa shape index (κ2) is 6.29. The SMILES string of the molecule is Cc1cc(-c2c(C)ccc3c2oc2c4c(ccc23)C(C)(C)c2cnccc2-4)[n+](C)cc1C. The molecule has 0 aliphatic heterocycles. The van der Waals surface area contributed by atoms with Gasteiger partial charge in [-0.3, -0.25) is 4.98 Å². The van der Waals surface area contributed by atoms with Crippen molar-refractivity contribution in [2.75, 3.05) is 0 Å². The van der Waals surface area contributed by atoms with Gasteiger partial charge in [0, 0.05) is 45.8 Å². The van der Waals surface area contributed by atoms with Gasteiger partial charge in [0.2, 0.25) is 5.69 Å². The second-order valence-electron chi connectivity index (χ2n) is 9.78. The van der Waals surface area contributed by atoms with E-state index in [4.69, 9.17) is 4.42 Å². The molecule has 6 rings (SSSR count). The van der Waals surface area contributed by atoms with Crippen LogP contribution in [0.3, 0.4) is 0 Å². The first kappa shape index (κ1) is 19.2. The zero-order chi connectivity index (χ0) is 22.4. The molecule has 0 N–H and O–H groups in total. The number of hydrogen-bond acceptors (Lipinski definition) is 2. The van der Waals surface area contributed by atoms with Crippen molar-refractivity contribution in [1.29, 1.82) is 0 Å². The number of aromatic nitrogens is 2. The molecule has 1 aliphatic rings. The van der Waals surface area contributed by atoms with Gasteiger partial charge in [-0.2, -0.15) is 0 Å². The third kappa shape index (κ3) is 2.37. The van der Waals surface area contributed by atoms with Crippen molar-refractivity contribution in [1.82, 2.24) is 4.98 Å². The molecule has 0 atom stereocenters. The van der Waals surface area contributed by atoms with E-state index in [9.17, 15) is 0 Å². The highest BCUT2D eigenvalue weighted by Crippen LogP contribution is 2.52. The number of fused-ring (bicyclic) bond motifs is 7. The molecule has 158 valence electrons. The Hall–Kier alpha value is -3.46. The minimum atomic E-state index is -0.0919. The summed E-state index contributed by atoms with van der Waals surface area (Å²) in [7, 11) is 2.12. The number of hydrogen-bond donors (Lipinski definition) is 0. The highest BCUT2D eigenvalue weighted by Gasteiger charge is 2.38. The average Bonchev–Trinajstić information content (AvgIpc) is 3.24. The minimum Gasteiger partial charge on any atom is -0.454 e. The van der Waals surface area contributed by atoms with E-state index < -0.39 is 0 Å². The minimum absolute atomic E-state index is 0.0919. The topological polar surface area (TPSA) is 29.9 Å². The largest absolute Gasteiger partial charge is 0.454 e. The normalized spacial score (nSPS) is 14.2. The third-order valence-electron chi connectivity index (χ3n) is 7.45. The summed E-state index contributed by atoms with van der Waals surface area (Å²) in [6, 6.07) is 13.4. The van der Waals surface area contributed by atoms with Crippen LogP contribution in [0.2, 0.25) is 0 Å². The van der Waals surface area contributed by atoms with Crippen molar-refractivity contribution < 1.29 is 8.98 Å². The fourth-order valence-corrected chi connectivity index (χ4v) is 5.50. The monoisotopic (exact) mass is 419 g/mol. The molecule has 3 heteroatoms. The summed E-state index contributed by atoms with van der Waals surface area (Å²) in [4.78, 5) is 4.41. The summed E-state index contributed by atoms with van der Waals surface area (Å²) in [5.74, 6) is 0. The van der Waals surface area contributed by atoms with Gasteiger partial charge in [0.1, 0.15) is 18.2 Å². The summed E-state index contributed by atoms with van der Waals surface area (Å²) in [5, 5.41) is 2.34. The van der Waals surface area contributed by atoms with E-state index >= 15 is 0 Å². The van der Waals surface area contributed by atoms with Crippen LogP contribution in [0.25, 0.3) is 44.3 Å². The van der Waals surface area contributed by atoms with Gasteiger partial charge in [-0.25, -0.2) is 4.57 Å². The van der Waals surface area contributed by atoms with E-state index in [1.165, 1.54) is 61.0 Å². The summed E-state index contributed by atoms with van der Waals surface area (Å²) >= 11 is 0. The van der Waals surface area contributed by atoms with Gasteiger partial charge in [-0.15, -0.1) is 0 Å². The molecule has 0 amide bonds. The van der Waals surface area contributed by atoms with Gasteiger partial charge in [0.15, 0.2) is 6.20 Å². The molecule has 0 saturated carbocycles. The Labute approximate surface area is 188 Å². The van der Waals surface area contributed by atoms with Crippen LogP contribution in [0.1, 0.15) is 41.7 Å². The van der Waals surface area contributed by atoms with Crippen LogP contribution in [0.5, 0.6) is 0 Å². The Morgan fingerprint density at radius 1 is 0.812 bits per heavy atom. The Bertz CT molecular complexity index is 1590. The number of pyridine rings is 2. The summed E-state index contributed by atoms with van der Waals surface area (Å²) in [6.07, 6.45) is 6.10. The van der Waals surface area contributed by atoms with Gasteiger partial charge in [-0.1, -0.05) is 38.1 Å². The Morgan fingerprint density at radius 3 is 2.31 bits per heavy atom. The maximum atomic E-state index is 6.80. The summed E-state index contributed by atoms with van der Waals surface area (Å²) < 4.78 is 9.02. The lowest BCUT2D eigenvalue weighted by Crippen LogP contribution is -2.31. The molecular formula is C29H27N2O+. The highest BCUT2D eigenvalue weighted by atomic mass is 16.3. The lowest BCUT2D eigenvalue weighted by molar-refractivity contribution is -0.660. The van der Waals surface area contributed by atoms with Crippen LogP contribution in [0, 0.1) is 20.8 Å². The van der Waals surface area contributed by atoms with Crippen molar-refractivity contribution >= 4 is 21.9 Å². The Morgan fingerprint density at radius 2 is 1.53 bits per heavy atom. The van der Waals surface area contributed by atoms with Gasteiger partial charge >= 0.3 is 0 Å². The maximum Gasteiger partial charge on any atom is 0.216 e. The molecule has 1 aliphatic carbocycles. The number of rotatable bonds is 1. The molecule has 3 heterocycles. The fraction of sp³-hybridized carbons (Fsp3) is 0.241. The molecule has 0 bridgehead atoms. The zero-order valence-corrected chi connectivity index (χ0v) is 19.5. The Balaban J connectivity index is 1.75. The van der Waals surface area contributed by atoms with Crippen LogP contribution < -0.4 is 4.57 Å². The number of nitrogens with zero attached hydrogens (tertiary/aromatic N) is 2. The van der Waals surface area contributed by atoms with Gasteiger partial charge in [0.05, 0.1) is 5.56 Å². The van der Waals surface area contributed by atoms with Crippen molar-refractivity contribution in [3.05, 3.63) is 82.8 Å². The van der Waals surface area contributed by atoms with Crippen molar-refractivity contribution in [3.63, 3.8) is 0 Å². The number of benzene rings is 2. The van der Waals surface area contributed by atoms with Crippen molar-refractivity contribution in [2.24, 2.45) is 7.05 Å². The Kier molecular flexibility index (Phi) is 3.78. The van der Waals surface area contributed by atoms with Crippen molar-refractivity contribution in [2.45, 2.75) is 40.0 Å². The van der Waals surface area contributed by atoms with Crippen LogP contribution in [-0.2, 0) is 12.5 Å². The van der Waals surface area contributed by atoms with Crippen molar-refractivity contribution in [3.8, 4) is 22.4 Å². The lowest BCUT2D eigenvalue weighted by atomic mass is 9.83. The number of furan rings is 1. The van der Waals surface area contributed by atoms with Crippen LogP contribution in [-0.4, -0.2) is 4.98 Å². The average molecular weight is 420 g/mol. The summed E-state index contributed by atoms with van der Waals surface area (Å²) in [5.41, 5.74) is 13.0. The van der Waals surface area contributed by atoms with E-state index in [-0.39, 0.29) is 5.41 Å². The number of aryl methyl sites for hydroxylation is 4. The van der Waals surface area contributed by atoms with E-state index in [0.717, 1.165) is 11.2 Å². The molecule has 0 spiro atoms. The molecular weight excluding hydrogens is 392 g/mol. The first-order valence-corrected chi connectivity index (χ1v) is 11.2. The molecule has 0 unspecified atom stereocenters. The molecule has 3 aromatic heterocycles. The van der Waals surface area contributed by atoms with Crippen LogP contribution in [0.4, 0.5) is 0 Å². The van der Waals surface area contributed by atoms with E-state index in [0.29, 0.717) is 0 Å². The summed E-state index contributed by atoms with van der Waals surface area (Å²) in [6.45, 7) is 11.1. The highest BCUT2D eigenvalue weighted by molar-refractivity contribution is 6.14. The first-order valence-electron chi connectivity index (χ1n) is 11.2. The molecule has 32 heavy (non-hydrogen) atoms. The molecule has 2 aromatic carbocycles. The lowest BCUT2D eigenvalue weighted by Gasteiger charge is -2.20. The quantitative estimate of drug-likeness (QED) is 0.283. The molecule has 0 fully saturated rings. The van der Waals surface area contributed by atoms with E-state index in [2.05, 4.69) is 93.8 Å². The molecule has 5 aromatic rings. The second-order valence-corrected chi connectivity index (χ2v) is 9.78. The predicted octanol–water partition coefficient (Wildman–Crippen LogP) is 6.70. The van der Waals surface area contributed by atoms with Gasteiger partial charge < -0.3 is 4.42 Å². The van der Waals surface area contributed by atoms with Gasteiger partial charge in [0.25, 0.3) is 0 Å². The maximum absolute atomic E-state index is 6.80. The fourth-order valence-electron chi connectivity index (χ4n) is 5.50. The molecule has 0 radical (unpaired) electrons. The third-order valence-corrected chi connectivity index (χ3v) is 7.45. The molecule has 0 saturated heterocycles. The predicted molar refractivity (Wildman–Crippen MR) is 130 cm³/mol. The van der Waals surface area contributed by atoms with E-state index in [1.807, 2.05) is 12.4 Å². The van der Waals surface area contributed by atoms with Crippen LogP contribution in [0.15, 0.2) is 59.4 Å². The van der Waals surface area contributed by atoms with Crippen LogP contribution >= 0.6 is 0 Å². The van der Waals surface area contributed by atoms with Gasteiger partial charge in [-0.05, 0) is 54.7 Å². The molecule has 3 nitrogen and oxygen atoms in total. The smallest absolute Gasteiger partial charge is 0.216 e. The van der Waals surface area contributed by atoms with E-state index in [1.54, 1.807) is 0 Å². The first-order chi connectivity index (χ1) is 15.3. The standard InChI is InChI=1S/C29H27N2O/c1-16-7-8-19-20-9-10-22-26(21-11-12-30-14-23(21)29(22,4)5)28(20)32-27(19)25(16)24-13-17(2)18(3)15-31(24)6/h7-15H,1-6H3/q+1.